The molecule has 3 aromatic rings. The normalized spacial score (nSPS) is 16.6. The van der Waals surface area contributed by atoms with Crippen LogP contribution in [0.15, 0.2) is 78.9 Å². The molecule has 4 nitrogen and oxygen atoms in total. The highest BCUT2D eigenvalue weighted by Gasteiger charge is 2.35. The van der Waals surface area contributed by atoms with Gasteiger partial charge in [-0.1, -0.05) is 80.9 Å². The quantitative estimate of drug-likeness (QED) is 0.416. The average molecular weight is 459 g/mol. The van der Waals surface area contributed by atoms with Crippen molar-refractivity contribution in [1.29, 1.82) is 0 Å². The van der Waals surface area contributed by atoms with Gasteiger partial charge in [0, 0.05) is 11.4 Å². The summed E-state index contributed by atoms with van der Waals surface area (Å²) in [5, 5.41) is 2.99. The van der Waals surface area contributed by atoms with Crippen LogP contribution in [0.3, 0.4) is 0 Å². The van der Waals surface area contributed by atoms with E-state index in [1.54, 1.807) is 11.8 Å². The number of thioether (sulfide) groups is 1. The molecule has 0 unspecified atom stereocenters. The number of carbonyl (C=O) groups excluding carboxylic acids is 2. The molecule has 4 rings (SSSR count). The van der Waals surface area contributed by atoms with Crippen LogP contribution in [0.1, 0.15) is 54.7 Å². The topological polar surface area (TPSA) is 49.4 Å². The highest BCUT2D eigenvalue weighted by molar-refractivity contribution is 8.00. The first-order valence-electron chi connectivity index (χ1n) is 11.6. The van der Waals surface area contributed by atoms with Crippen LogP contribution in [0.25, 0.3) is 0 Å². The predicted octanol–water partition coefficient (Wildman–Crippen LogP) is 6.55. The molecule has 1 aliphatic heterocycles. The number of hydrogen-bond acceptors (Lipinski definition) is 3. The second kappa shape index (κ2) is 10.7. The Morgan fingerprint density at radius 2 is 1.79 bits per heavy atom. The van der Waals surface area contributed by atoms with Crippen LogP contribution in [-0.4, -0.2) is 17.6 Å². The van der Waals surface area contributed by atoms with E-state index in [1.165, 1.54) is 5.56 Å². The highest BCUT2D eigenvalue weighted by Crippen LogP contribution is 2.43. The van der Waals surface area contributed by atoms with Gasteiger partial charge in [-0.2, -0.15) is 0 Å². The van der Waals surface area contributed by atoms with Crippen LogP contribution in [-0.2, 0) is 16.0 Å². The molecule has 3 aromatic carbocycles. The molecule has 0 radical (unpaired) electrons. The first-order chi connectivity index (χ1) is 16.1. The number of para-hydroxylation sites is 1. The van der Waals surface area contributed by atoms with Crippen molar-refractivity contribution in [3.63, 3.8) is 0 Å². The minimum Gasteiger partial charge on any atom is -0.326 e. The van der Waals surface area contributed by atoms with E-state index in [1.807, 2.05) is 84.6 Å². The van der Waals surface area contributed by atoms with Gasteiger partial charge in [-0.3, -0.25) is 14.5 Å². The lowest BCUT2D eigenvalue weighted by Crippen LogP contribution is -2.29. The van der Waals surface area contributed by atoms with E-state index >= 15 is 0 Å². The Hall–Kier alpha value is -3.05. The van der Waals surface area contributed by atoms with Crippen LogP contribution < -0.4 is 10.2 Å². The van der Waals surface area contributed by atoms with Crippen LogP contribution in [0.2, 0.25) is 0 Å². The lowest BCUT2D eigenvalue weighted by molar-refractivity contribution is -0.118. The largest absolute Gasteiger partial charge is 0.326 e. The monoisotopic (exact) mass is 458 g/mol. The Balaban J connectivity index is 1.58. The summed E-state index contributed by atoms with van der Waals surface area (Å²) >= 11 is 1.63. The van der Waals surface area contributed by atoms with E-state index in [-0.39, 0.29) is 23.1 Å². The van der Waals surface area contributed by atoms with Crippen molar-refractivity contribution < 1.29 is 9.59 Å². The maximum atomic E-state index is 13.1. The molecule has 0 aromatic heterocycles. The molecular formula is C28H30N2O2S. The van der Waals surface area contributed by atoms with Gasteiger partial charge < -0.3 is 5.32 Å². The summed E-state index contributed by atoms with van der Waals surface area (Å²) in [7, 11) is 0. The minimum atomic E-state index is -0.199. The minimum absolute atomic E-state index is 0.0128. The van der Waals surface area contributed by atoms with Crippen molar-refractivity contribution in [2.24, 2.45) is 0 Å². The van der Waals surface area contributed by atoms with Crippen LogP contribution >= 0.6 is 11.8 Å². The Labute approximate surface area is 200 Å². The molecule has 1 N–H and O–H groups in total. The van der Waals surface area contributed by atoms with E-state index in [0.29, 0.717) is 5.75 Å². The average Bonchev–Trinajstić information content (AvgIpc) is 3.22. The zero-order valence-electron chi connectivity index (χ0n) is 19.2. The first-order valence-corrected chi connectivity index (χ1v) is 12.6. The van der Waals surface area contributed by atoms with Crippen molar-refractivity contribution >= 4 is 35.0 Å². The fourth-order valence-electron chi connectivity index (χ4n) is 4.41. The smallest absolute Gasteiger partial charge is 0.238 e. The number of carbonyl (C=O) groups is 2. The summed E-state index contributed by atoms with van der Waals surface area (Å²) in [6.45, 7) is 4.18. The maximum absolute atomic E-state index is 13.1. The fraction of sp³-hybridized carbons (Fsp3) is 0.286. The van der Waals surface area contributed by atoms with Gasteiger partial charge in [0.05, 0.1) is 11.7 Å². The Bertz CT molecular complexity index is 1120. The van der Waals surface area contributed by atoms with E-state index < -0.39 is 0 Å². The zero-order chi connectivity index (χ0) is 23.2. The molecule has 1 heterocycles. The first kappa shape index (κ1) is 23.1. The van der Waals surface area contributed by atoms with Gasteiger partial charge in [-0.15, -0.1) is 11.8 Å². The number of aryl methyl sites for hydroxylation is 1. The van der Waals surface area contributed by atoms with Crippen molar-refractivity contribution in [3.05, 3.63) is 95.6 Å². The molecule has 0 aliphatic carbocycles. The number of hydrogen-bond donors (Lipinski definition) is 1. The molecular weight excluding hydrogens is 428 g/mol. The Kier molecular flexibility index (Phi) is 7.50. The summed E-state index contributed by atoms with van der Waals surface area (Å²) in [4.78, 5) is 27.9. The van der Waals surface area contributed by atoms with Crippen molar-refractivity contribution in [2.75, 3.05) is 16.0 Å². The molecule has 1 saturated heterocycles. The standard InChI is InChI=1S/C28H30N2O2S/c1-3-11-21-14-8-9-17-25(21)30-26(31)19-33-28(30)22-15-10-16-23(18-22)29-27(32)24(4-2)20-12-6-5-7-13-20/h5-10,12-18,24,28H,3-4,11,19H2,1-2H3,(H,29,32)/t24-,28+/m1/s1. The molecule has 5 heteroatoms. The van der Waals surface area contributed by atoms with E-state index in [9.17, 15) is 9.59 Å². The Morgan fingerprint density at radius 3 is 2.55 bits per heavy atom. The summed E-state index contributed by atoms with van der Waals surface area (Å²) in [6, 6.07) is 26.0. The number of nitrogens with zero attached hydrogens (tertiary/aromatic N) is 1. The third kappa shape index (κ3) is 5.14. The Morgan fingerprint density at radius 1 is 1.03 bits per heavy atom. The predicted molar refractivity (Wildman–Crippen MR) is 138 cm³/mol. The zero-order valence-corrected chi connectivity index (χ0v) is 20.0. The molecule has 0 spiro atoms. The van der Waals surface area contributed by atoms with Gasteiger partial charge >= 0.3 is 0 Å². The van der Waals surface area contributed by atoms with Gasteiger partial charge in [0.25, 0.3) is 0 Å². The van der Waals surface area contributed by atoms with Crippen molar-refractivity contribution in [3.8, 4) is 0 Å². The third-order valence-electron chi connectivity index (χ3n) is 6.00. The number of nitrogens with one attached hydrogen (secondary N) is 1. The third-order valence-corrected chi connectivity index (χ3v) is 7.22. The highest BCUT2D eigenvalue weighted by atomic mass is 32.2. The van der Waals surface area contributed by atoms with E-state index in [0.717, 1.165) is 41.8 Å². The summed E-state index contributed by atoms with van der Waals surface area (Å²) in [5.41, 5.74) is 4.98. The van der Waals surface area contributed by atoms with Gasteiger partial charge in [-0.25, -0.2) is 0 Å². The van der Waals surface area contributed by atoms with Crippen LogP contribution in [0.5, 0.6) is 0 Å². The van der Waals surface area contributed by atoms with Gasteiger partial charge in [0.1, 0.15) is 5.37 Å². The molecule has 2 atom stereocenters. The van der Waals surface area contributed by atoms with Gasteiger partial charge in [0.2, 0.25) is 11.8 Å². The van der Waals surface area contributed by atoms with Crippen LogP contribution in [0, 0.1) is 0 Å². The summed E-state index contributed by atoms with van der Waals surface area (Å²) in [6.07, 6.45) is 2.69. The van der Waals surface area contributed by atoms with Crippen LogP contribution in [0.4, 0.5) is 11.4 Å². The number of anilines is 2. The molecule has 170 valence electrons. The SMILES string of the molecule is CCCc1ccccc1N1C(=O)CS[C@H]1c1cccc(NC(=O)[C@H](CC)c2ccccc2)c1. The molecule has 33 heavy (non-hydrogen) atoms. The summed E-state index contributed by atoms with van der Waals surface area (Å²) < 4.78 is 0. The molecule has 0 saturated carbocycles. The molecule has 1 aliphatic rings. The van der Waals surface area contributed by atoms with Crippen molar-refractivity contribution in [2.45, 2.75) is 44.4 Å². The van der Waals surface area contributed by atoms with Gasteiger partial charge in [0.15, 0.2) is 0 Å². The second-order valence-electron chi connectivity index (χ2n) is 8.29. The number of benzene rings is 3. The maximum Gasteiger partial charge on any atom is 0.238 e. The molecule has 1 fully saturated rings. The number of amides is 2. The lowest BCUT2D eigenvalue weighted by atomic mass is 9.95. The molecule has 2 amide bonds. The van der Waals surface area contributed by atoms with Crippen molar-refractivity contribution in [1.82, 2.24) is 0 Å². The second-order valence-corrected chi connectivity index (χ2v) is 9.36. The van der Waals surface area contributed by atoms with E-state index in [2.05, 4.69) is 18.3 Å². The molecule has 0 bridgehead atoms. The summed E-state index contributed by atoms with van der Waals surface area (Å²) in [5.74, 6) is 0.363. The fourth-order valence-corrected chi connectivity index (χ4v) is 5.57. The lowest BCUT2D eigenvalue weighted by Gasteiger charge is -2.27. The number of rotatable bonds is 8. The van der Waals surface area contributed by atoms with Gasteiger partial charge in [-0.05, 0) is 47.7 Å². The van der Waals surface area contributed by atoms with E-state index in [4.69, 9.17) is 0 Å².